The van der Waals surface area contributed by atoms with Crippen LogP contribution in [-0.4, -0.2) is 56.4 Å². The molecule has 2 N–H and O–H groups in total. The topological polar surface area (TPSA) is 108 Å². The van der Waals surface area contributed by atoms with Gasteiger partial charge in [-0.3, -0.25) is 19.7 Å². The summed E-state index contributed by atoms with van der Waals surface area (Å²) in [6, 6.07) is 13.2. The van der Waals surface area contributed by atoms with Crippen LogP contribution in [0.2, 0.25) is 0 Å². The van der Waals surface area contributed by atoms with Crippen molar-refractivity contribution in [2.75, 3.05) is 45.0 Å². The minimum absolute atomic E-state index is 0.124. The fourth-order valence-corrected chi connectivity index (χ4v) is 2.75. The van der Waals surface area contributed by atoms with Gasteiger partial charge in [-0.15, -0.1) is 0 Å². The molecular weight excluding hydrogens is 374 g/mol. The molecular formula is C20H25N5O4. The molecule has 0 saturated heterocycles. The van der Waals surface area contributed by atoms with Gasteiger partial charge < -0.3 is 20.4 Å². The van der Waals surface area contributed by atoms with E-state index in [1.807, 2.05) is 62.3 Å². The highest BCUT2D eigenvalue weighted by Crippen LogP contribution is 2.21. The summed E-state index contributed by atoms with van der Waals surface area (Å²) in [7, 11) is 7.69. The van der Waals surface area contributed by atoms with E-state index in [0.717, 1.165) is 11.3 Å². The number of carbonyl (C=O) groups is 2. The largest absolute Gasteiger partial charge is 0.378 e. The number of anilines is 2. The van der Waals surface area contributed by atoms with E-state index >= 15 is 0 Å². The molecule has 0 fully saturated rings. The zero-order chi connectivity index (χ0) is 21.6. The van der Waals surface area contributed by atoms with Crippen LogP contribution in [0.1, 0.15) is 11.6 Å². The second-order valence-electron chi connectivity index (χ2n) is 6.94. The van der Waals surface area contributed by atoms with E-state index < -0.39 is 16.7 Å². The molecule has 2 aromatic rings. The first kappa shape index (κ1) is 21.8. The molecule has 0 aromatic heterocycles. The van der Waals surface area contributed by atoms with Crippen LogP contribution in [0.25, 0.3) is 0 Å². The van der Waals surface area contributed by atoms with Gasteiger partial charge >= 0.3 is 11.8 Å². The number of nitrogens with one attached hydrogen (secondary N) is 2. The van der Waals surface area contributed by atoms with E-state index in [1.54, 1.807) is 0 Å². The number of rotatable bonds is 7. The van der Waals surface area contributed by atoms with Crippen LogP contribution in [0.15, 0.2) is 48.5 Å². The van der Waals surface area contributed by atoms with Gasteiger partial charge in [-0.2, -0.15) is 0 Å². The van der Waals surface area contributed by atoms with Gasteiger partial charge in [0.2, 0.25) is 0 Å². The fourth-order valence-electron chi connectivity index (χ4n) is 2.75. The molecule has 2 aromatic carbocycles. The number of nitro groups is 1. The number of hydrogen-bond acceptors (Lipinski definition) is 6. The predicted molar refractivity (Wildman–Crippen MR) is 112 cm³/mol. The summed E-state index contributed by atoms with van der Waals surface area (Å²) in [5, 5.41) is 15.8. The average molecular weight is 399 g/mol. The van der Waals surface area contributed by atoms with Crippen LogP contribution in [0, 0.1) is 10.1 Å². The van der Waals surface area contributed by atoms with Crippen molar-refractivity contribution in [2.24, 2.45) is 0 Å². The number of nitro benzene ring substituents is 1. The standard InChI is InChI=1S/C20H25N5O4/c1-23(2)16-10-8-14(9-11-16)18(24(3)4)13-21-19(26)20(27)22-15-6-5-7-17(12-15)25(28)29/h5-12,18H,13H2,1-4H3,(H,21,26)(H,22,27). The van der Waals surface area contributed by atoms with Crippen molar-refractivity contribution in [1.29, 1.82) is 0 Å². The Labute approximate surface area is 169 Å². The first-order valence-corrected chi connectivity index (χ1v) is 8.96. The Kier molecular flexibility index (Phi) is 7.27. The van der Waals surface area contributed by atoms with E-state index in [4.69, 9.17) is 0 Å². The third kappa shape index (κ3) is 6.01. The Morgan fingerprint density at radius 2 is 1.69 bits per heavy atom. The predicted octanol–water partition coefficient (Wildman–Crippen LogP) is 2.02. The zero-order valence-corrected chi connectivity index (χ0v) is 16.9. The molecule has 0 radical (unpaired) electrons. The number of carbonyl (C=O) groups excluding carboxylic acids is 2. The Morgan fingerprint density at radius 3 is 2.24 bits per heavy atom. The lowest BCUT2D eigenvalue weighted by Crippen LogP contribution is -2.40. The Morgan fingerprint density at radius 1 is 1.03 bits per heavy atom. The molecule has 0 heterocycles. The maximum Gasteiger partial charge on any atom is 0.313 e. The summed E-state index contributed by atoms with van der Waals surface area (Å²) < 4.78 is 0. The monoisotopic (exact) mass is 399 g/mol. The van der Waals surface area contributed by atoms with E-state index in [-0.39, 0.29) is 24.0 Å². The number of hydrogen-bond donors (Lipinski definition) is 2. The van der Waals surface area contributed by atoms with Crippen LogP contribution < -0.4 is 15.5 Å². The molecule has 1 unspecified atom stereocenters. The van der Waals surface area contributed by atoms with Gasteiger partial charge in [0.25, 0.3) is 5.69 Å². The SMILES string of the molecule is CN(C)c1ccc(C(CNC(=O)C(=O)Nc2cccc([N+](=O)[O-])c2)N(C)C)cc1. The lowest BCUT2D eigenvalue weighted by atomic mass is 10.1. The number of nitrogens with zero attached hydrogens (tertiary/aromatic N) is 3. The normalized spacial score (nSPS) is 11.6. The van der Waals surface area contributed by atoms with Crippen LogP contribution in [0.5, 0.6) is 0 Å². The minimum atomic E-state index is -0.883. The van der Waals surface area contributed by atoms with Crippen molar-refractivity contribution >= 4 is 28.9 Å². The lowest BCUT2D eigenvalue weighted by Gasteiger charge is -2.25. The van der Waals surface area contributed by atoms with Gasteiger partial charge in [-0.05, 0) is 37.9 Å². The van der Waals surface area contributed by atoms with Crippen molar-refractivity contribution < 1.29 is 14.5 Å². The second kappa shape index (κ2) is 9.65. The number of amides is 2. The average Bonchev–Trinajstić information content (AvgIpc) is 2.68. The summed E-state index contributed by atoms with van der Waals surface area (Å²) in [6.07, 6.45) is 0. The van der Waals surface area contributed by atoms with Crippen molar-refractivity contribution in [3.05, 3.63) is 64.2 Å². The fraction of sp³-hybridized carbons (Fsp3) is 0.300. The first-order valence-electron chi connectivity index (χ1n) is 8.96. The molecule has 9 nitrogen and oxygen atoms in total. The Bertz CT molecular complexity index is 881. The molecule has 29 heavy (non-hydrogen) atoms. The third-order valence-electron chi connectivity index (χ3n) is 4.39. The summed E-state index contributed by atoms with van der Waals surface area (Å²) in [4.78, 5) is 38.5. The molecule has 1 atom stereocenters. The molecule has 0 bridgehead atoms. The summed E-state index contributed by atoms with van der Waals surface area (Å²) in [5.74, 6) is -1.70. The van der Waals surface area contributed by atoms with Gasteiger partial charge in [-0.25, -0.2) is 0 Å². The van der Waals surface area contributed by atoms with Gasteiger partial charge in [0.15, 0.2) is 0 Å². The molecule has 2 amide bonds. The van der Waals surface area contributed by atoms with E-state index in [0.29, 0.717) is 0 Å². The maximum absolute atomic E-state index is 12.2. The van der Waals surface area contributed by atoms with Crippen molar-refractivity contribution in [3.63, 3.8) is 0 Å². The Hall–Kier alpha value is -3.46. The molecule has 154 valence electrons. The summed E-state index contributed by atoms with van der Waals surface area (Å²) >= 11 is 0. The Balaban J connectivity index is 2.00. The molecule has 0 aliphatic carbocycles. The molecule has 9 heteroatoms. The van der Waals surface area contributed by atoms with Gasteiger partial charge in [0.05, 0.1) is 11.0 Å². The van der Waals surface area contributed by atoms with Crippen LogP contribution >= 0.6 is 0 Å². The van der Waals surface area contributed by atoms with Crippen molar-refractivity contribution in [2.45, 2.75) is 6.04 Å². The van der Waals surface area contributed by atoms with Gasteiger partial charge in [0, 0.05) is 44.1 Å². The summed E-state index contributed by atoms with van der Waals surface area (Å²) in [5.41, 5.74) is 2.08. The molecule has 2 rings (SSSR count). The quantitative estimate of drug-likeness (QED) is 0.419. The summed E-state index contributed by atoms with van der Waals surface area (Å²) in [6.45, 7) is 0.232. The third-order valence-corrected chi connectivity index (χ3v) is 4.39. The van der Waals surface area contributed by atoms with Crippen molar-refractivity contribution in [3.8, 4) is 0 Å². The molecule has 0 saturated carbocycles. The van der Waals surface area contributed by atoms with Crippen LogP contribution in [0.4, 0.5) is 17.1 Å². The van der Waals surface area contributed by atoms with Crippen LogP contribution in [-0.2, 0) is 9.59 Å². The molecule has 0 aliphatic heterocycles. The highest BCUT2D eigenvalue weighted by molar-refractivity contribution is 6.39. The van der Waals surface area contributed by atoms with E-state index in [2.05, 4.69) is 10.6 Å². The molecule has 0 spiro atoms. The highest BCUT2D eigenvalue weighted by atomic mass is 16.6. The molecule has 0 aliphatic rings. The lowest BCUT2D eigenvalue weighted by molar-refractivity contribution is -0.384. The maximum atomic E-state index is 12.2. The number of benzene rings is 2. The minimum Gasteiger partial charge on any atom is -0.378 e. The van der Waals surface area contributed by atoms with Crippen molar-refractivity contribution in [1.82, 2.24) is 10.2 Å². The zero-order valence-electron chi connectivity index (χ0n) is 16.9. The smallest absolute Gasteiger partial charge is 0.313 e. The van der Waals surface area contributed by atoms with Gasteiger partial charge in [0.1, 0.15) is 0 Å². The second-order valence-corrected chi connectivity index (χ2v) is 6.94. The first-order chi connectivity index (χ1) is 13.7. The van der Waals surface area contributed by atoms with Gasteiger partial charge in [-0.1, -0.05) is 18.2 Å². The van der Waals surface area contributed by atoms with E-state index in [9.17, 15) is 19.7 Å². The highest BCUT2D eigenvalue weighted by Gasteiger charge is 2.19. The van der Waals surface area contributed by atoms with E-state index in [1.165, 1.54) is 24.3 Å². The number of likely N-dealkylation sites (N-methyl/N-ethyl adjacent to an activating group) is 1. The van der Waals surface area contributed by atoms with Crippen LogP contribution in [0.3, 0.4) is 0 Å². The number of non-ortho nitro benzene ring substituents is 1.